The van der Waals surface area contributed by atoms with E-state index < -0.39 is 76.4 Å². The maximum absolute atomic E-state index is 16.8. The van der Waals surface area contributed by atoms with Crippen LogP contribution in [0.5, 0.6) is 0 Å². The fraction of sp³-hybridized carbons (Fsp3) is 0.636. The number of benzene rings is 1. The van der Waals surface area contributed by atoms with E-state index in [1.165, 1.54) is 17.0 Å². The molecule has 1 aromatic carbocycles. The number of likely N-dealkylation sites (N-methyl/N-ethyl adjacent to an activating group) is 1. The number of hydrogen-bond acceptors (Lipinski definition) is 12. The number of carbonyl (C=O) groups is 5. The lowest BCUT2D eigenvalue weighted by Crippen LogP contribution is -2.63. The average molecular weight is 1010 g/mol. The van der Waals surface area contributed by atoms with Crippen LogP contribution in [0.4, 0.5) is 10.1 Å². The highest BCUT2D eigenvalue weighted by molar-refractivity contribution is 5.97. The van der Waals surface area contributed by atoms with Gasteiger partial charge < -0.3 is 38.8 Å². The lowest BCUT2D eigenvalue weighted by molar-refractivity contribution is -0.156. The fourth-order valence-electron chi connectivity index (χ4n) is 10.6. The van der Waals surface area contributed by atoms with Crippen molar-refractivity contribution in [2.45, 2.75) is 142 Å². The standard InChI is InChI=1S/C55H78FN9O8/c1-13-64-44-19-18-37-30-40(44)41(48(64)39-16-14-24-57-46(39)36(4)71-12)32-53(5,6)34-73-51(69)42-17-15-25-65(59-42)50(68)43(31-38-33-63(37)28-29-72-38)58-49(67)47(35(2)3)61(11)52(70)55(56)22-26-62(27-23-55)45(66)20-21-54(7,8)60(9)10/h14,16,18-19,24,30,35-36,38,42-43,47,59H,13,15,17,22-23,25-29,31-34H2,1-12H3,(H,58,67)/t36-,38-,42?,43-,47?/m0/s1. The molecule has 18 heteroatoms. The van der Waals surface area contributed by atoms with Crippen molar-refractivity contribution in [3.8, 4) is 23.1 Å². The van der Waals surface area contributed by atoms with Crippen LogP contribution in [0.2, 0.25) is 0 Å². The SMILES string of the molecule is CCn1c(-c2cccnc2[C@H](C)OC)c2c3cc(ccc31)N1CCO[C@@H](C[C@H](NC(=O)C(C(C)C)N(C)C(=O)C3(F)CCN(C(=O)C#CC(C)(C)N(C)C)CC3)C(=O)N3CCCC(N3)C(=O)OCC(C)(C)C2)C1. The number of ether oxygens (including phenoxy) is 3. The number of carbonyl (C=O) groups excluding carboxylic acids is 5. The van der Waals surface area contributed by atoms with Gasteiger partial charge >= 0.3 is 5.97 Å². The number of rotatable bonds is 10. The number of anilines is 1. The number of likely N-dealkylation sites (tertiary alicyclic amines) is 1. The average Bonchev–Trinajstić information content (AvgIpc) is 3.67. The molecule has 3 saturated heterocycles. The van der Waals surface area contributed by atoms with Crippen LogP contribution in [0.15, 0.2) is 36.5 Å². The second-order valence-electron chi connectivity index (χ2n) is 22.2. The third-order valence-corrected chi connectivity index (χ3v) is 15.4. The van der Waals surface area contributed by atoms with Gasteiger partial charge in [0.25, 0.3) is 17.7 Å². The number of aromatic nitrogens is 2. The van der Waals surface area contributed by atoms with E-state index in [0.717, 1.165) is 44.0 Å². The molecular formula is C55H78FN9O8. The van der Waals surface area contributed by atoms with Gasteiger partial charge in [0.15, 0.2) is 5.67 Å². The molecule has 2 aromatic heterocycles. The van der Waals surface area contributed by atoms with Crippen LogP contribution in [0.1, 0.15) is 105 Å². The van der Waals surface area contributed by atoms with Gasteiger partial charge in [-0.25, -0.2) is 9.82 Å². The van der Waals surface area contributed by atoms with Gasteiger partial charge in [0.2, 0.25) is 5.91 Å². The lowest BCUT2D eigenvalue weighted by Gasteiger charge is -2.41. The number of hydrogen-bond donors (Lipinski definition) is 2. The van der Waals surface area contributed by atoms with Crippen LogP contribution in [0, 0.1) is 23.2 Å². The zero-order valence-corrected chi connectivity index (χ0v) is 45.1. The number of aryl methyl sites for hydroxylation is 1. The van der Waals surface area contributed by atoms with Crippen LogP contribution in [-0.4, -0.2) is 168 Å². The van der Waals surface area contributed by atoms with Crippen molar-refractivity contribution in [1.29, 1.82) is 0 Å². The molecule has 0 saturated carbocycles. The Morgan fingerprint density at radius 1 is 1.07 bits per heavy atom. The summed E-state index contributed by atoms with van der Waals surface area (Å²) in [5.74, 6) is 2.27. The van der Waals surface area contributed by atoms with Crippen molar-refractivity contribution >= 4 is 46.2 Å². The zero-order valence-electron chi connectivity index (χ0n) is 45.1. The third kappa shape index (κ3) is 12.0. The molecule has 398 valence electrons. The number of morpholine rings is 1. The van der Waals surface area contributed by atoms with Crippen molar-refractivity contribution in [1.82, 2.24) is 40.0 Å². The van der Waals surface area contributed by atoms with E-state index in [1.807, 2.05) is 45.8 Å². The van der Waals surface area contributed by atoms with Gasteiger partial charge in [0.1, 0.15) is 18.1 Å². The first-order valence-corrected chi connectivity index (χ1v) is 26.0. The minimum absolute atomic E-state index is 0.0172. The summed E-state index contributed by atoms with van der Waals surface area (Å²) in [5.41, 5.74) is 5.66. The molecule has 3 fully saturated rings. The molecule has 2 N–H and O–H groups in total. The Balaban J connectivity index is 1.18. The van der Waals surface area contributed by atoms with E-state index in [0.29, 0.717) is 45.5 Å². The van der Waals surface area contributed by atoms with Crippen molar-refractivity contribution < 1.29 is 42.6 Å². The number of methoxy groups -OCH3 is 1. The predicted octanol–water partition coefficient (Wildman–Crippen LogP) is 5.29. The number of fused-ring (bicyclic) bond motifs is 6. The van der Waals surface area contributed by atoms with Crippen LogP contribution in [0.25, 0.3) is 22.2 Å². The highest BCUT2D eigenvalue weighted by Crippen LogP contribution is 2.42. The van der Waals surface area contributed by atoms with Crippen molar-refractivity contribution in [2.75, 3.05) is 79.1 Å². The Bertz CT molecular complexity index is 2590. The molecule has 0 aliphatic carbocycles. The Morgan fingerprint density at radius 3 is 2.47 bits per heavy atom. The molecule has 4 aliphatic heterocycles. The molecule has 6 heterocycles. The highest BCUT2D eigenvalue weighted by atomic mass is 19.1. The van der Waals surface area contributed by atoms with Crippen molar-refractivity contribution in [3.63, 3.8) is 0 Å². The quantitative estimate of drug-likeness (QED) is 0.199. The second-order valence-corrected chi connectivity index (χ2v) is 22.2. The number of nitrogens with one attached hydrogen (secondary N) is 2. The predicted molar refractivity (Wildman–Crippen MR) is 278 cm³/mol. The number of piperidine rings is 1. The Kier molecular flexibility index (Phi) is 17.0. The van der Waals surface area contributed by atoms with Gasteiger partial charge in [-0.2, -0.15) is 0 Å². The summed E-state index contributed by atoms with van der Waals surface area (Å²) in [6.07, 6.45) is 2.04. The van der Waals surface area contributed by atoms with Crippen molar-refractivity contribution in [3.05, 3.63) is 47.8 Å². The molecule has 0 spiro atoms. The van der Waals surface area contributed by atoms with E-state index >= 15 is 4.39 Å². The Hall–Kier alpha value is -5.61. The molecule has 2 unspecified atom stereocenters. The number of cyclic esters (lactones) is 1. The monoisotopic (exact) mass is 1010 g/mol. The van der Waals surface area contributed by atoms with Gasteiger partial charge in [-0.05, 0) is 109 Å². The van der Waals surface area contributed by atoms with Gasteiger partial charge in [-0.15, -0.1) is 0 Å². The van der Waals surface area contributed by atoms with Crippen LogP contribution >= 0.6 is 0 Å². The van der Waals surface area contributed by atoms with E-state index in [-0.39, 0.29) is 51.6 Å². The minimum atomic E-state index is -2.34. The van der Waals surface area contributed by atoms with Crippen LogP contribution < -0.4 is 15.6 Å². The molecule has 17 nitrogen and oxygen atoms in total. The van der Waals surface area contributed by atoms with Gasteiger partial charge in [0, 0.05) is 106 Å². The number of hydrazine groups is 1. The summed E-state index contributed by atoms with van der Waals surface area (Å²) in [6.45, 7) is 18.0. The van der Waals surface area contributed by atoms with E-state index in [2.05, 4.69) is 77.1 Å². The first kappa shape index (κ1) is 55.1. The summed E-state index contributed by atoms with van der Waals surface area (Å²) >= 11 is 0. The molecule has 0 radical (unpaired) electrons. The first-order valence-electron chi connectivity index (χ1n) is 26.0. The number of nitrogens with zero attached hydrogens (tertiary/aromatic N) is 7. The largest absolute Gasteiger partial charge is 0.464 e. The molecule has 4 amide bonds. The third-order valence-electron chi connectivity index (χ3n) is 15.4. The number of amides is 4. The molecule has 7 rings (SSSR count). The van der Waals surface area contributed by atoms with E-state index in [1.54, 1.807) is 27.2 Å². The van der Waals surface area contributed by atoms with Gasteiger partial charge in [-0.1, -0.05) is 33.6 Å². The number of alkyl halides is 1. The van der Waals surface area contributed by atoms with E-state index in [4.69, 9.17) is 19.2 Å². The Labute approximate surface area is 430 Å². The van der Waals surface area contributed by atoms with Gasteiger partial charge in [0.05, 0.1) is 42.3 Å². The topological polar surface area (TPSA) is 171 Å². The molecule has 5 atom stereocenters. The summed E-state index contributed by atoms with van der Waals surface area (Å²) in [6, 6.07) is 7.37. The van der Waals surface area contributed by atoms with E-state index in [9.17, 15) is 24.0 Å². The summed E-state index contributed by atoms with van der Waals surface area (Å²) < 4.78 is 37.5. The summed E-state index contributed by atoms with van der Waals surface area (Å²) in [4.78, 5) is 82.2. The lowest BCUT2D eigenvalue weighted by atomic mass is 9.84. The smallest absolute Gasteiger partial charge is 0.324 e. The normalized spacial score (nSPS) is 22.5. The maximum Gasteiger partial charge on any atom is 0.324 e. The number of esters is 1. The highest BCUT2D eigenvalue weighted by Gasteiger charge is 2.48. The molecule has 6 bridgehead atoms. The minimum Gasteiger partial charge on any atom is -0.464 e. The van der Waals surface area contributed by atoms with Crippen LogP contribution in [0.3, 0.4) is 0 Å². The zero-order chi connectivity index (χ0) is 53.2. The number of halogens is 1. The first-order chi connectivity index (χ1) is 34.5. The van der Waals surface area contributed by atoms with Crippen molar-refractivity contribution in [2.24, 2.45) is 11.3 Å². The molecule has 4 aliphatic rings. The fourth-order valence-corrected chi connectivity index (χ4v) is 10.6. The molecule has 3 aromatic rings. The number of pyridine rings is 1. The molecular weight excluding hydrogens is 934 g/mol. The van der Waals surface area contributed by atoms with Crippen LogP contribution in [-0.2, 0) is 51.1 Å². The molecule has 73 heavy (non-hydrogen) atoms. The van der Waals surface area contributed by atoms with Gasteiger partial charge in [-0.3, -0.25) is 38.9 Å². The Morgan fingerprint density at radius 2 is 1.79 bits per heavy atom. The maximum atomic E-state index is 16.8. The summed E-state index contributed by atoms with van der Waals surface area (Å²) in [5, 5.41) is 5.43. The second kappa shape index (κ2) is 22.5. The summed E-state index contributed by atoms with van der Waals surface area (Å²) in [7, 11) is 6.82.